The molecule has 2 saturated heterocycles. The SMILES string of the molecule is CC(c1cccc(Cl)c1)N1CCCC2(CCCNC2)C1. The van der Waals surface area contributed by atoms with Gasteiger partial charge in [0.1, 0.15) is 0 Å². The van der Waals surface area contributed by atoms with Gasteiger partial charge in [0.2, 0.25) is 0 Å². The highest BCUT2D eigenvalue weighted by atomic mass is 35.5. The highest BCUT2D eigenvalue weighted by molar-refractivity contribution is 6.30. The van der Waals surface area contributed by atoms with Crippen LogP contribution in [0.4, 0.5) is 0 Å². The number of likely N-dealkylation sites (tertiary alicyclic amines) is 1. The summed E-state index contributed by atoms with van der Waals surface area (Å²) in [6.07, 6.45) is 5.43. The Balaban J connectivity index is 1.73. The Hall–Kier alpha value is -0.570. The fourth-order valence-corrected chi connectivity index (χ4v) is 4.13. The highest BCUT2D eigenvalue weighted by Gasteiger charge is 2.37. The van der Waals surface area contributed by atoms with Crippen LogP contribution in [0.3, 0.4) is 0 Å². The molecule has 110 valence electrons. The fourth-order valence-electron chi connectivity index (χ4n) is 3.93. The second-order valence-electron chi connectivity index (χ2n) is 6.59. The van der Waals surface area contributed by atoms with Crippen LogP contribution >= 0.6 is 11.6 Å². The van der Waals surface area contributed by atoms with Gasteiger partial charge in [0, 0.05) is 24.2 Å². The van der Waals surface area contributed by atoms with E-state index in [0.717, 1.165) is 5.02 Å². The fraction of sp³-hybridized carbons (Fsp3) is 0.647. The Morgan fingerprint density at radius 2 is 2.15 bits per heavy atom. The van der Waals surface area contributed by atoms with E-state index in [1.807, 2.05) is 6.07 Å². The highest BCUT2D eigenvalue weighted by Crippen LogP contribution is 2.38. The van der Waals surface area contributed by atoms with Crippen molar-refractivity contribution >= 4 is 11.6 Å². The number of benzene rings is 1. The van der Waals surface area contributed by atoms with E-state index in [1.165, 1.54) is 57.4 Å². The van der Waals surface area contributed by atoms with E-state index in [4.69, 9.17) is 11.6 Å². The summed E-state index contributed by atoms with van der Waals surface area (Å²) in [6.45, 7) is 7.17. The van der Waals surface area contributed by atoms with Crippen LogP contribution in [0.1, 0.15) is 44.2 Å². The molecule has 3 heteroatoms. The zero-order valence-electron chi connectivity index (χ0n) is 12.4. The lowest BCUT2D eigenvalue weighted by atomic mass is 9.74. The molecular formula is C17H25ClN2. The van der Waals surface area contributed by atoms with Crippen LogP contribution in [-0.4, -0.2) is 31.1 Å². The molecular weight excluding hydrogens is 268 g/mol. The molecule has 2 heterocycles. The third-order valence-electron chi connectivity index (χ3n) is 5.13. The number of nitrogens with one attached hydrogen (secondary N) is 1. The molecule has 0 radical (unpaired) electrons. The second-order valence-corrected chi connectivity index (χ2v) is 7.02. The largest absolute Gasteiger partial charge is 0.316 e. The summed E-state index contributed by atoms with van der Waals surface area (Å²) in [6, 6.07) is 8.81. The van der Waals surface area contributed by atoms with Crippen molar-refractivity contribution in [3.8, 4) is 0 Å². The molecule has 2 nitrogen and oxygen atoms in total. The summed E-state index contributed by atoms with van der Waals surface area (Å²) >= 11 is 6.14. The van der Waals surface area contributed by atoms with Gasteiger partial charge in [-0.25, -0.2) is 0 Å². The molecule has 0 aliphatic carbocycles. The smallest absolute Gasteiger partial charge is 0.0409 e. The number of nitrogens with zero attached hydrogens (tertiary/aromatic N) is 1. The second kappa shape index (κ2) is 6.05. The topological polar surface area (TPSA) is 15.3 Å². The van der Waals surface area contributed by atoms with E-state index in [1.54, 1.807) is 0 Å². The van der Waals surface area contributed by atoms with Gasteiger partial charge < -0.3 is 5.32 Å². The predicted molar refractivity (Wildman–Crippen MR) is 85.2 cm³/mol. The maximum absolute atomic E-state index is 6.14. The van der Waals surface area contributed by atoms with Crippen molar-refractivity contribution in [2.45, 2.75) is 38.6 Å². The number of hydrogen-bond donors (Lipinski definition) is 1. The zero-order chi connectivity index (χ0) is 14.0. The summed E-state index contributed by atoms with van der Waals surface area (Å²) in [7, 11) is 0. The van der Waals surface area contributed by atoms with E-state index < -0.39 is 0 Å². The molecule has 0 saturated carbocycles. The molecule has 0 aromatic heterocycles. The standard InChI is InChI=1S/C17H25ClN2/c1-14(15-5-2-6-16(18)11-15)20-10-4-8-17(13-20)7-3-9-19-12-17/h2,5-6,11,14,19H,3-4,7-10,12-13H2,1H3. The molecule has 1 spiro atoms. The van der Waals surface area contributed by atoms with Crippen molar-refractivity contribution in [2.24, 2.45) is 5.41 Å². The molecule has 1 aromatic carbocycles. The molecule has 0 bridgehead atoms. The summed E-state index contributed by atoms with van der Waals surface area (Å²) in [5, 5.41) is 4.45. The Morgan fingerprint density at radius 1 is 1.30 bits per heavy atom. The van der Waals surface area contributed by atoms with Crippen LogP contribution in [0.2, 0.25) is 5.02 Å². The number of piperidine rings is 2. The normalized spacial score (nSPS) is 29.5. The maximum Gasteiger partial charge on any atom is 0.0409 e. The first-order valence-corrected chi connectivity index (χ1v) is 8.27. The zero-order valence-corrected chi connectivity index (χ0v) is 13.1. The van der Waals surface area contributed by atoms with Crippen molar-refractivity contribution in [1.29, 1.82) is 0 Å². The molecule has 2 aliphatic heterocycles. The van der Waals surface area contributed by atoms with E-state index in [-0.39, 0.29) is 0 Å². The van der Waals surface area contributed by atoms with Crippen LogP contribution in [0.15, 0.2) is 24.3 Å². The van der Waals surface area contributed by atoms with E-state index in [9.17, 15) is 0 Å². The van der Waals surface area contributed by atoms with Gasteiger partial charge in [-0.1, -0.05) is 23.7 Å². The lowest BCUT2D eigenvalue weighted by molar-refractivity contribution is 0.0416. The molecule has 1 N–H and O–H groups in total. The lowest BCUT2D eigenvalue weighted by Crippen LogP contribution is -2.51. The molecule has 2 unspecified atom stereocenters. The quantitative estimate of drug-likeness (QED) is 0.890. The van der Waals surface area contributed by atoms with Gasteiger partial charge in [-0.05, 0) is 68.8 Å². The third kappa shape index (κ3) is 3.03. The summed E-state index contributed by atoms with van der Waals surface area (Å²) < 4.78 is 0. The van der Waals surface area contributed by atoms with Crippen LogP contribution in [0.25, 0.3) is 0 Å². The minimum atomic E-state index is 0.466. The Morgan fingerprint density at radius 3 is 2.90 bits per heavy atom. The van der Waals surface area contributed by atoms with Gasteiger partial charge in [0.15, 0.2) is 0 Å². The summed E-state index contributed by atoms with van der Waals surface area (Å²) in [5.74, 6) is 0. The molecule has 3 rings (SSSR count). The van der Waals surface area contributed by atoms with Gasteiger partial charge >= 0.3 is 0 Å². The molecule has 1 aromatic rings. The average Bonchev–Trinajstić information content (AvgIpc) is 2.47. The monoisotopic (exact) mass is 292 g/mol. The Kier molecular flexibility index (Phi) is 4.34. The Bertz CT molecular complexity index is 449. The van der Waals surface area contributed by atoms with Gasteiger partial charge in [-0.2, -0.15) is 0 Å². The molecule has 2 aliphatic rings. The van der Waals surface area contributed by atoms with E-state index in [2.05, 4.69) is 35.3 Å². The van der Waals surface area contributed by atoms with Crippen molar-refractivity contribution < 1.29 is 0 Å². The van der Waals surface area contributed by atoms with Crippen LogP contribution < -0.4 is 5.32 Å². The predicted octanol–water partition coefficient (Wildman–Crippen LogP) is 3.87. The maximum atomic E-state index is 6.14. The van der Waals surface area contributed by atoms with Crippen molar-refractivity contribution in [2.75, 3.05) is 26.2 Å². The number of rotatable bonds is 2. The average molecular weight is 293 g/mol. The van der Waals surface area contributed by atoms with Crippen LogP contribution in [-0.2, 0) is 0 Å². The van der Waals surface area contributed by atoms with Gasteiger partial charge in [0.25, 0.3) is 0 Å². The third-order valence-corrected chi connectivity index (χ3v) is 5.37. The van der Waals surface area contributed by atoms with Gasteiger partial charge in [-0.3, -0.25) is 4.90 Å². The molecule has 0 amide bonds. The van der Waals surface area contributed by atoms with E-state index >= 15 is 0 Å². The van der Waals surface area contributed by atoms with Crippen LogP contribution in [0, 0.1) is 5.41 Å². The number of hydrogen-bond acceptors (Lipinski definition) is 2. The van der Waals surface area contributed by atoms with Crippen molar-refractivity contribution in [3.05, 3.63) is 34.9 Å². The van der Waals surface area contributed by atoms with Crippen molar-refractivity contribution in [1.82, 2.24) is 10.2 Å². The lowest BCUT2D eigenvalue weighted by Gasteiger charge is -2.47. The summed E-state index contributed by atoms with van der Waals surface area (Å²) in [5.41, 5.74) is 1.86. The minimum absolute atomic E-state index is 0.466. The summed E-state index contributed by atoms with van der Waals surface area (Å²) in [4.78, 5) is 2.65. The molecule has 20 heavy (non-hydrogen) atoms. The Labute approximate surface area is 127 Å². The first kappa shape index (κ1) is 14.4. The van der Waals surface area contributed by atoms with Gasteiger partial charge in [0.05, 0.1) is 0 Å². The van der Waals surface area contributed by atoms with Crippen LogP contribution in [0.5, 0.6) is 0 Å². The van der Waals surface area contributed by atoms with Gasteiger partial charge in [-0.15, -0.1) is 0 Å². The van der Waals surface area contributed by atoms with Crippen molar-refractivity contribution in [3.63, 3.8) is 0 Å². The van der Waals surface area contributed by atoms with E-state index in [0.29, 0.717) is 11.5 Å². The minimum Gasteiger partial charge on any atom is -0.316 e. The molecule has 2 atom stereocenters. The molecule has 2 fully saturated rings. The first-order chi connectivity index (χ1) is 9.69. The first-order valence-electron chi connectivity index (χ1n) is 7.89. The number of halogens is 1.